The highest BCUT2D eigenvalue weighted by atomic mass is 79.9. The van der Waals surface area contributed by atoms with Gasteiger partial charge in [-0.25, -0.2) is 9.97 Å². The number of rotatable bonds is 4. The lowest BCUT2D eigenvalue weighted by atomic mass is 10.3. The van der Waals surface area contributed by atoms with Gasteiger partial charge in [0.2, 0.25) is 0 Å². The van der Waals surface area contributed by atoms with Crippen LogP contribution in [-0.4, -0.2) is 9.97 Å². The molecule has 0 aliphatic rings. The Balaban J connectivity index is 2.00. The van der Waals surface area contributed by atoms with Gasteiger partial charge in [-0.1, -0.05) is 12.1 Å². The highest BCUT2D eigenvalue weighted by Gasteiger charge is 2.02. The van der Waals surface area contributed by atoms with Crippen molar-refractivity contribution in [2.45, 2.75) is 17.2 Å². The van der Waals surface area contributed by atoms with E-state index < -0.39 is 0 Å². The minimum atomic E-state index is 0.484. The quantitative estimate of drug-likeness (QED) is 0.882. The van der Waals surface area contributed by atoms with Gasteiger partial charge in [-0.3, -0.25) is 0 Å². The van der Waals surface area contributed by atoms with Crippen molar-refractivity contribution < 1.29 is 0 Å². The molecule has 0 amide bonds. The van der Waals surface area contributed by atoms with E-state index in [4.69, 9.17) is 5.73 Å². The third kappa shape index (κ3) is 3.52. The fourth-order valence-corrected chi connectivity index (χ4v) is 2.71. The van der Waals surface area contributed by atoms with Crippen LogP contribution in [-0.2, 0) is 12.3 Å². The number of halogens is 1. The first-order valence-corrected chi connectivity index (χ1v) is 6.94. The van der Waals surface area contributed by atoms with E-state index in [9.17, 15) is 0 Å². The van der Waals surface area contributed by atoms with Crippen LogP contribution in [0.1, 0.15) is 11.4 Å². The smallest absolute Gasteiger partial charge is 0.138 e. The van der Waals surface area contributed by atoms with Gasteiger partial charge in [0.1, 0.15) is 5.82 Å². The molecule has 0 saturated carbocycles. The van der Waals surface area contributed by atoms with Crippen LogP contribution in [0, 0.1) is 0 Å². The van der Waals surface area contributed by atoms with Crippen molar-refractivity contribution in [3.05, 3.63) is 52.5 Å². The molecule has 1 aromatic heterocycles. The molecule has 88 valence electrons. The molecule has 0 unspecified atom stereocenters. The minimum absolute atomic E-state index is 0.484. The van der Waals surface area contributed by atoms with E-state index in [-0.39, 0.29) is 0 Å². The van der Waals surface area contributed by atoms with E-state index in [1.807, 2.05) is 18.2 Å². The molecule has 1 heterocycles. The number of nitrogens with zero attached hydrogens (tertiary/aromatic N) is 2. The molecule has 0 radical (unpaired) electrons. The van der Waals surface area contributed by atoms with Crippen molar-refractivity contribution in [2.75, 3.05) is 0 Å². The normalized spacial score (nSPS) is 10.5. The molecular weight excluding hydrogens is 298 g/mol. The molecule has 0 aliphatic heterocycles. The summed E-state index contributed by atoms with van der Waals surface area (Å²) in [4.78, 5) is 9.73. The molecule has 0 saturated heterocycles. The van der Waals surface area contributed by atoms with E-state index >= 15 is 0 Å². The first kappa shape index (κ1) is 12.5. The molecule has 5 heteroatoms. The number of aromatic nitrogens is 2. The molecule has 2 rings (SSSR count). The van der Waals surface area contributed by atoms with Crippen LogP contribution in [0.3, 0.4) is 0 Å². The second kappa shape index (κ2) is 6.14. The Bertz CT molecular complexity index is 487. The number of hydrogen-bond donors (Lipinski definition) is 1. The summed E-state index contributed by atoms with van der Waals surface area (Å²) in [6.07, 6.45) is 3.56. The SMILES string of the molecule is NCc1cnc(CSc2ccccc2Br)nc1. The fourth-order valence-electron chi connectivity index (χ4n) is 1.27. The summed E-state index contributed by atoms with van der Waals surface area (Å²) < 4.78 is 1.10. The van der Waals surface area contributed by atoms with E-state index in [1.165, 1.54) is 4.90 Å². The monoisotopic (exact) mass is 309 g/mol. The lowest BCUT2D eigenvalue weighted by molar-refractivity contribution is 0.960. The highest BCUT2D eigenvalue weighted by Crippen LogP contribution is 2.28. The standard InChI is InChI=1S/C12H12BrN3S/c13-10-3-1-2-4-11(10)17-8-12-15-6-9(5-14)7-16-12/h1-4,6-7H,5,8,14H2. The summed E-state index contributed by atoms with van der Waals surface area (Å²) in [5.74, 6) is 1.58. The summed E-state index contributed by atoms with van der Waals surface area (Å²) in [5, 5.41) is 0. The van der Waals surface area contributed by atoms with Gasteiger partial charge in [-0.2, -0.15) is 0 Å². The zero-order valence-electron chi connectivity index (χ0n) is 9.14. The molecule has 0 atom stereocenters. The third-order valence-electron chi connectivity index (χ3n) is 2.19. The van der Waals surface area contributed by atoms with E-state index in [0.29, 0.717) is 6.54 Å². The van der Waals surface area contributed by atoms with Gasteiger partial charge in [0.05, 0.1) is 5.75 Å². The first-order chi connectivity index (χ1) is 8.29. The van der Waals surface area contributed by atoms with Crippen LogP contribution in [0.2, 0.25) is 0 Å². The zero-order valence-corrected chi connectivity index (χ0v) is 11.5. The Labute approximate surface area is 113 Å². The van der Waals surface area contributed by atoms with E-state index in [1.54, 1.807) is 24.2 Å². The maximum absolute atomic E-state index is 5.49. The number of thioether (sulfide) groups is 1. The van der Waals surface area contributed by atoms with E-state index in [2.05, 4.69) is 32.0 Å². The second-order valence-corrected chi connectivity index (χ2v) is 5.30. The molecule has 0 aliphatic carbocycles. The van der Waals surface area contributed by atoms with Crippen LogP contribution in [0.5, 0.6) is 0 Å². The van der Waals surface area contributed by atoms with Gasteiger partial charge in [0, 0.05) is 33.9 Å². The molecule has 3 nitrogen and oxygen atoms in total. The van der Waals surface area contributed by atoms with E-state index in [0.717, 1.165) is 21.6 Å². The molecule has 0 spiro atoms. The van der Waals surface area contributed by atoms with Gasteiger partial charge >= 0.3 is 0 Å². The summed E-state index contributed by atoms with van der Waals surface area (Å²) in [6.45, 7) is 0.484. The maximum atomic E-state index is 5.49. The lowest BCUT2D eigenvalue weighted by Crippen LogP contribution is -2.00. The second-order valence-electron chi connectivity index (χ2n) is 3.43. The topological polar surface area (TPSA) is 51.8 Å². The van der Waals surface area contributed by atoms with Gasteiger partial charge in [0.25, 0.3) is 0 Å². The van der Waals surface area contributed by atoms with Crippen LogP contribution in [0.4, 0.5) is 0 Å². The van der Waals surface area contributed by atoms with Crippen molar-refractivity contribution in [1.82, 2.24) is 9.97 Å². The predicted octanol–water partition coefficient (Wildman–Crippen LogP) is 2.99. The average Bonchev–Trinajstić information content (AvgIpc) is 2.38. The largest absolute Gasteiger partial charge is 0.326 e. The highest BCUT2D eigenvalue weighted by molar-refractivity contribution is 9.10. The number of hydrogen-bond acceptors (Lipinski definition) is 4. The van der Waals surface area contributed by atoms with Crippen molar-refractivity contribution in [3.63, 3.8) is 0 Å². The molecule has 2 N–H and O–H groups in total. The molecule has 1 aromatic carbocycles. The first-order valence-electron chi connectivity index (χ1n) is 5.17. The average molecular weight is 310 g/mol. The van der Waals surface area contributed by atoms with Crippen LogP contribution < -0.4 is 5.73 Å². The Morgan fingerprint density at radius 2 is 1.88 bits per heavy atom. The number of nitrogens with two attached hydrogens (primary N) is 1. The lowest BCUT2D eigenvalue weighted by Gasteiger charge is -2.03. The summed E-state index contributed by atoms with van der Waals surface area (Å²) in [5.41, 5.74) is 6.45. The van der Waals surface area contributed by atoms with Crippen molar-refractivity contribution in [3.8, 4) is 0 Å². The van der Waals surface area contributed by atoms with Crippen molar-refractivity contribution >= 4 is 27.7 Å². The third-order valence-corrected chi connectivity index (χ3v) is 4.21. The Morgan fingerprint density at radius 1 is 1.18 bits per heavy atom. The van der Waals surface area contributed by atoms with Crippen LogP contribution >= 0.6 is 27.7 Å². The Hall–Kier alpha value is -0.910. The Kier molecular flexibility index (Phi) is 4.53. The van der Waals surface area contributed by atoms with Gasteiger partial charge in [0.15, 0.2) is 0 Å². The fraction of sp³-hybridized carbons (Fsp3) is 0.167. The molecule has 17 heavy (non-hydrogen) atoms. The van der Waals surface area contributed by atoms with Crippen LogP contribution in [0.15, 0.2) is 46.0 Å². The van der Waals surface area contributed by atoms with Gasteiger partial charge < -0.3 is 5.73 Å². The zero-order chi connectivity index (χ0) is 12.1. The molecule has 2 aromatic rings. The molecule has 0 fully saturated rings. The minimum Gasteiger partial charge on any atom is -0.326 e. The maximum Gasteiger partial charge on any atom is 0.138 e. The number of benzene rings is 1. The predicted molar refractivity (Wildman–Crippen MR) is 73.6 cm³/mol. The molecular formula is C12H12BrN3S. The van der Waals surface area contributed by atoms with Crippen molar-refractivity contribution in [2.24, 2.45) is 5.73 Å². The molecule has 0 bridgehead atoms. The Morgan fingerprint density at radius 3 is 2.53 bits per heavy atom. The van der Waals surface area contributed by atoms with Gasteiger partial charge in [-0.15, -0.1) is 11.8 Å². The van der Waals surface area contributed by atoms with Gasteiger partial charge in [-0.05, 0) is 28.1 Å². The van der Waals surface area contributed by atoms with Crippen LogP contribution in [0.25, 0.3) is 0 Å². The summed E-state index contributed by atoms with van der Waals surface area (Å²) in [7, 11) is 0. The van der Waals surface area contributed by atoms with Crippen molar-refractivity contribution in [1.29, 1.82) is 0 Å². The summed E-state index contributed by atoms with van der Waals surface area (Å²) >= 11 is 5.22. The summed E-state index contributed by atoms with van der Waals surface area (Å²) in [6, 6.07) is 8.12.